The Hall–Kier alpha value is -2.55. The van der Waals surface area contributed by atoms with Gasteiger partial charge in [-0.15, -0.1) is 0 Å². The maximum absolute atomic E-state index is 11.8. The first-order valence-corrected chi connectivity index (χ1v) is 10.9. The number of phenols is 1. The molecule has 0 radical (unpaired) electrons. The summed E-state index contributed by atoms with van der Waals surface area (Å²) in [6, 6.07) is 15.3. The van der Waals surface area contributed by atoms with Gasteiger partial charge in [-0.25, -0.2) is 0 Å². The average Bonchev–Trinajstić information content (AvgIpc) is 2.62. The van der Waals surface area contributed by atoms with E-state index in [4.69, 9.17) is 4.74 Å². The van der Waals surface area contributed by atoms with Crippen molar-refractivity contribution < 1.29 is 14.6 Å². The van der Waals surface area contributed by atoms with Crippen molar-refractivity contribution in [2.45, 2.75) is 66.7 Å². The van der Waals surface area contributed by atoms with Gasteiger partial charge in [0, 0.05) is 6.42 Å². The third kappa shape index (κ3) is 5.53. The summed E-state index contributed by atoms with van der Waals surface area (Å²) in [4.78, 5) is 11.8. The van der Waals surface area contributed by atoms with Crippen LogP contribution in [0.5, 0.6) is 11.5 Å². The summed E-state index contributed by atoms with van der Waals surface area (Å²) in [7, 11) is 0. The van der Waals surface area contributed by atoms with Crippen molar-refractivity contribution in [2.24, 2.45) is 10.8 Å². The van der Waals surface area contributed by atoms with E-state index < -0.39 is 0 Å². The fourth-order valence-electron chi connectivity index (χ4n) is 5.09. The fraction of sp³-hybridized carbons (Fsp3) is 0.444. The van der Waals surface area contributed by atoms with E-state index >= 15 is 0 Å². The van der Waals surface area contributed by atoms with Crippen LogP contribution in [-0.2, 0) is 4.79 Å². The second kappa shape index (κ2) is 8.67. The molecular weight excluding hydrogens is 372 g/mol. The number of aromatic hydroxyl groups is 1. The molecule has 2 aromatic rings. The summed E-state index contributed by atoms with van der Waals surface area (Å²) in [5, 5.41) is 9.79. The summed E-state index contributed by atoms with van der Waals surface area (Å²) in [5.41, 5.74) is 5.34. The molecule has 1 fully saturated rings. The van der Waals surface area contributed by atoms with Gasteiger partial charge in [0.15, 0.2) is 0 Å². The molecule has 3 heteroatoms. The molecule has 0 atom stereocenters. The number of hydrogen-bond acceptors (Lipinski definition) is 3. The molecule has 3 nitrogen and oxygen atoms in total. The zero-order valence-corrected chi connectivity index (χ0v) is 18.9. The van der Waals surface area contributed by atoms with Crippen LogP contribution in [0.1, 0.15) is 77.8 Å². The largest absolute Gasteiger partial charge is 0.508 e. The topological polar surface area (TPSA) is 46.5 Å². The van der Waals surface area contributed by atoms with Crippen LogP contribution >= 0.6 is 0 Å². The molecule has 1 saturated carbocycles. The maximum atomic E-state index is 11.8. The number of carbonyl (C=O) groups excluding carboxylic acids is 1. The van der Waals surface area contributed by atoms with Gasteiger partial charge in [0.2, 0.25) is 0 Å². The normalized spacial score (nSPS) is 17.4. The number of phenolic OH excluding ortho intramolecular Hbond substituents is 1. The van der Waals surface area contributed by atoms with Crippen molar-refractivity contribution in [2.75, 3.05) is 0 Å². The maximum Gasteiger partial charge on any atom is 0.311 e. The second-order valence-electron chi connectivity index (χ2n) is 10.1. The van der Waals surface area contributed by atoms with Gasteiger partial charge >= 0.3 is 5.97 Å². The van der Waals surface area contributed by atoms with E-state index in [9.17, 15) is 9.90 Å². The van der Waals surface area contributed by atoms with Crippen LogP contribution in [0.15, 0.2) is 54.1 Å². The molecule has 0 heterocycles. The highest BCUT2D eigenvalue weighted by Gasteiger charge is 2.37. The Morgan fingerprint density at radius 3 is 1.90 bits per heavy atom. The predicted octanol–water partition coefficient (Wildman–Crippen LogP) is 7.14. The number of esters is 1. The third-order valence-electron chi connectivity index (χ3n) is 5.68. The lowest BCUT2D eigenvalue weighted by Gasteiger charge is -2.43. The molecule has 0 spiro atoms. The lowest BCUT2D eigenvalue weighted by Crippen LogP contribution is -2.30. The third-order valence-corrected chi connectivity index (χ3v) is 5.68. The number of benzene rings is 2. The molecule has 1 aliphatic rings. The van der Waals surface area contributed by atoms with Gasteiger partial charge in [0.05, 0.1) is 0 Å². The molecule has 30 heavy (non-hydrogen) atoms. The van der Waals surface area contributed by atoms with Crippen LogP contribution in [0.25, 0.3) is 5.57 Å². The van der Waals surface area contributed by atoms with E-state index in [1.54, 1.807) is 12.1 Å². The molecule has 0 aliphatic heterocycles. The molecule has 0 aromatic heterocycles. The summed E-state index contributed by atoms with van der Waals surface area (Å²) in [6.45, 7) is 11.3. The first kappa shape index (κ1) is 22.1. The molecule has 2 aromatic carbocycles. The van der Waals surface area contributed by atoms with Gasteiger partial charge < -0.3 is 9.84 Å². The van der Waals surface area contributed by atoms with Crippen molar-refractivity contribution in [1.82, 2.24) is 0 Å². The number of allylic oxidation sites excluding steroid dienone is 1. The van der Waals surface area contributed by atoms with E-state index in [1.807, 2.05) is 43.3 Å². The highest BCUT2D eigenvalue weighted by molar-refractivity contribution is 5.83. The molecule has 0 unspecified atom stereocenters. The Kier molecular flexibility index (Phi) is 6.40. The SMILES string of the molecule is CCCC(=O)Oc1ccc(C(=C2CC(C)(C)CC(C)(C)C2)c2ccc(O)cc2)cc1. The standard InChI is InChI=1S/C27H34O3/c1-6-7-24(29)30-23-14-10-20(11-15-23)25(19-8-12-22(28)13-9-19)21-16-26(2,3)18-27(4,5)17-21/h8-15,28H,6-7,16-18H2,1-5H3. The van der Waals surface area contributed by atoms with Crippen LogP contribution in [0.3, 0.4) is 0 Å². The summed E-state index contributed by atoms with van der Waals surface area (Å²) in [6.07, 6.45) is 4.48. The highest BCUT2D eigenvalue weighted by atomic mass is 16.5. The average molecular weight is 407 g/mol. The van der Waals surface area contributed by atoms with Gasteiger partial charge in [-0.05, 0) is 77.5 Å². The molecule has 0 saturated heterocycles. The molecule has 160 valence electrons. The van der Waals surface area contributed by atoms with Crippen LogP contribution in [0.4, 0.5) is 0 Å². The van der Waals surface area contributed by atoms with Crippen molar-refractivity contribution in [3.8, 4) is 11.5 Å². The Morgan fingerprint density at radius 2 is 1.40 bits per heavy atom. The Balaban J connectivity index is 2.05. The zero-order valence-electron chi connectivity index (χ0n) is 18.9. The van der Waals surface area contributed by atoms with E-state index in [0.29, 0.717) is 12.2 Å². The Morgan fingerprint density at radius 1 is 0.900 bits per heavy atom. The van der Waals surface area contributed by atoms with Crippen molar-refractivity contribution in [3.63, 3.8) is 0 Å². The van der Waals surface area contributed by atoms with E-state index in [0.717, 1.165) is 30.4 Å². The summed E-state index contributed by atoms with van der Waals surface area (Å²) < 4.78 is 5.43. The molecule has 3 rings (SSSR count). The monoisotopic (exact) mass is 406 g/mol. The van der Waals surface area contributed by atoms with Gasteiger partial charge in [-0.2, -0.15) is 0 Å². The molecule has 0 bridgehead atoms. The zero-order chi connectivity index (χ0) is 21.9. The van der Waals surface area contributed by atoms with Gasteiger partial charge in [0.1, 0.15) is 11.5 Å². The molecule has 0 amide bonds. The smallest absolute Gasteiger partial charge is 0.311 e. The predicted molar refractivity (Wildman–Crippen MR) is 123 cm³/mol. The summed E-state index contributed by atoms with van der Waals surface area (Å²) in [5.74, 6) is 0.653. The van der Waals surface area contributed by atoms with E-state index in [2.05, 4.69) is 27.7 Å². The van der Waals surface area contributed by atoms with E-state index in [-0.39, 0.29) is 22.5 Å². The highest BCUT2D eigenvalue weighted by Crippen LogP contribution is 2.50. The Bertz CT molecular complexity index is 898. The number of rotatable bonds is 5. The van der Waals surface area contributed by atoms with Crippen molar-refractivity contribution in [1.29, 1.82) is 0 Å². The van der Waals surface area contributed by atoms with Gasteiger partial charge in [0.25, 0.3) is 0 Å². The Labute approximate surface area is 180 Å². The summed E-state index contributed by atoms with van der Waals surface area (Å²) >= 11 is 0. The first-order chi connectivity index (χ1) is 14.1. The van der Waals surface area contributed by atoms with Crippen LogP contribution in [0, 0.1) is 10.8 Å². The lowest BCUT2D eigenvalue weighted by atomic mass is 9.62. The molecular formula is C27H34O3. The molecule has 1 aliphatic carbocycles. The van der Waals surface area contributed by atoms with Gasteiger partial charge in [-0.3, -0.25) is 4.79 Å². The number of ether oxygens (including phenoxy) is 1. The fourth-order valence-corrected chi connectivity index (χ4v) is 5.09. The number of hydrogen-bond donors (Lipinski definition) is 1. The number of carbonyl (C=O) groups is 1. The van der Waals surface area contributed by atoms with E-state index in [1.165, 1.54) is 17.6 Å². The van der Waals surface area contributed by atoms with Crippen molar-refractivity contribution in [3.05, 3.63) is 65.2 Å². The molecule has 1 N–H and O–H groups in total. The minimum Gasteiger partial charge on any atom is -0.508 e. The van der Waals surface area contributed by atoms with Crippen LogP contribution in [0.2, 0.25) is 0 Å². The first-order valence-electron chi connectivity index (χ1n) is 10.9. The van der Waals surface area contributed by atoms with Crippen molar-refractivity contribution >= 4 is 11.5 Å². The quantitative estimate of drug-likeness (QED) is 0.424. The van der Waals surface area contributed by atoms with Gasteiger partial charge in [-0.1, -0.05) is 64.5 Å². The van der Waals surface area contributed by atoms with Crippen LogP contribution in [-0.4, -0.2) is 11.1 Å². The minimum absolute atomic E-state index is 0.196. The van der Waals surface area contributed by atoms with Crippen LogP contribution < -0.4 is 4.74 Å². The minimum atomic E-state index is -0.196. The lowest BCUT2D eigenvalue weighted by molar-refractivity contribution is -0.134. The second-order valence-corrected chi connectivity index (χ2v) is 10.1.